The van der Waals surface area contributed by atoms with Crippen molar-refractivity contribution in [2.75, 3.05) is 13.6 Å². The van der Waals surface area contributed by atoms with Gasteiger partial charge in [0.1, 0.15) is 0 Å². The van der Waals surface area contributed by atoms with E-state index < -0.39 is 0 Å². The van der Waals surface area contributed by atoms with Gasteiger partial charge >= 0.3 is 0 Å². The summed E-state index contributed by atoms with van der Waals surface area (Å²) >= 11 is 0. The van der Waals surface area contributed by atoms with Crippen molar-refractivity contribution in [3.05, 3.63) is 0 Å². The quantitative estimate of drug-likeness (QED) is 0.617. The third-order valence-electron chi connectivity index (χ3n) is 3.26. The summed E-state index contributed by atoms with van der Waals surface area (Å²) in [5.41, 5.74) is 0.500. The predicted molar refractivity (Wildman–Crippen MR) is 46.7 cm³/mol. The lowest BCUT2D eigenvalue weighted by Gasteiger charge is -2.31. The molecular formula is C9H18N2. The maximum Gasteiger partial charge on any atom is 0.0333 e. The van der Waals surface area contributed by atoms with E-state index in [-0.39, 0.29) is 0 Å². The minimum absolute atomic E-state index is 0.500. The highest BCUT2D eigenvalue weighted by atomic mass is 15.1. The van der Waals surface area contributed by atoms with Gasteiger partial charge < -0.3 is 10.6 Å². The van der Waals surface area contributed by atoms with Crippen molar-refractivity contribution in [1.29, 1.82) is 0 Å². The Bertz CT molecular complexity index is 134. The van der Waals surface area contributed by atoms with E-state index in [4.69, 9.17) is 0 Å². The van der Waals surface area contributed by atoms with Gasteiger partial charge in [0.15, 0.2) is 0 Å². The number of hydrogen-bond donors (Lipinski definition) is 2. The summed E-state index contributed by atoms with van der Waals surface area (Å²) in [6.45, 7) is 1.23. The van der Waals surface area contributed by atoms with Crippen molar-refractivity contribution in [3.63, 3.8) is 0 Å². The Morgan fingerprint density at radius 2 is 2.18 bits per heavy atom. The molecule has 0 amide bonds. The summed E-state index contributed by atoms with van der Waals surface area (Å²) in [7, 11) is 2.10. The zero-order valence-electron chi connectivity index (χ0n) is 7.32. The standard InChI is InChI=1S/C9H18N2/c1-10-9(5-6-9)8-4-2-3-7-11-8/h8,10-11H,2-7H2,1H3. The third kappa shape index (κ3) is 1.30. The zero-order chi connectivity index (χ0) is 7.73. The number of rotatable bonds is 2. The molecule has 0 aromatic rings. The van der Waals surface area contributed by atoms with Gasteiger partial charge in [0, 0.05) is 11.6 Å². The number of piperidine rings is 1. The first kappa shape index (κ1) is 7.56. The Morgan fingerprint density at radius 1 is 1.36 bits per heavy atom. The number of likely N-dealkylation sites (N-methyl/N-ethyl adjacent to an activating group) is 1. The normalized spacial score (nSPS) is 35.2. The van der Waals surface area contributed by atoms with Gasteiger partial charge in [-0.2, -0.15) is 0 Å². The largest absolute Gasteiger partial charge is 0.313 e. The molecule has 1 heterocycles. The van der Waals surface area contributed by atoms with Crippen LogP contribution in [0.25, 0.3) is 0 Å². The van der Waals surface area contributed by atoms with Gasteiger partial charge in [-0.25, -0.2) is 0 Å². The van der Waals surface area contributed by atoms with Gasteiger partial charge in [-0.15, -0.1) is 0 Å². The van der Waals surface area contributed by atoms with Crippen molar-refractivity contribution < 1.29 is 0 Å². The fourth-order valence-corrected chi connectivity index (χ4v) is 2.23. The van der Waals surface area contributed by atoms with E-state index in [1.54, 1.807) is 0 Å². The molecule has 1 aliphatic carbocycles. The monoisotopic (exact) mass is 154 g/mol. The minimum Gasteiger partial charge on any atom is -0.313 e. The Kier molecular flexibility index (Phi) is 1.90. The van der Waals surface area contributed by atoms with Crippen LogP contribution in [-0.4, -0.2) is 25.2 Å². The van der Waals surface area contributed by atoms with Gasteiger partial charge in [-0.3, -0.25) is 0 Å². The Labute approximate surface area is 68.7 Å². The summed E-state index contributed by atoms with van der Waals surface area (Å²) in [6, 6.07) is 0.765. The fraction of sp³-hybridized carbons (Fsp3) is 1.00. The summed E-state index contributed by atoms with van der Waals surface area (Å²) < 4.78 is 0. The summed E-state index contributed by atoms with van der Waals surface area (Å²) in [5, 5.41) is 7.07. The van der Waals surface area contributed by atoms with E-state index in [1.807, 2.05) is 0 Å². The average Bonchev–Trinajstić information content (AvgIpc) is 2.86. The molecule has 0 spiro atoms. The lowest BCUT2D eigenvalue weighted by Crippen LogP contribution is -2.50. The molecule has 0 aromatic heterocycles. The molecule has 64 valence electrons. The topological polar surface area (TPSA) is 24.1 Å². The molecule has 2 aliphatic rings. The van der Waals surface area contributed by atoms with Crippen LogP contribution in [0.15, 0.2) is 0 Å². The van der Waals surface area contributed by atoms with Crippen molar-refractivity contribution >= 4 is 0 Å². The molecule has 2 heteroatoms. The molecule has 0 radical (unpaired) electrons. The van der Waals surface area contributed by atoms with Gasteiger partial charge in [0.2, 0.25) is 0 Å². The van der Waals surface area contributed by atoms with Crippen LogP contribution < -0.4 is 10.6 Å². The summed E-state index contributed by atoms with van der Waals surface area (Å²) in [5.74, 6) is 0. The lowest BCUT2D eigenvalue weighted by atomic mass is 9.96. The second kappa shape index (κ2) is 2.76. The van der Waals surface area contributed by atoms with Crippen molar-refractivity contribution in [3.8, 4) is 0 Å². The van der Waals surface area contributed by atoms with E-state index >= 15 is 0 Å². The van der Waals surface area contributed by atoms with Crippen LogP contribution in [0.5, 0.6) is 0 Å². The average molecular weight is 154 g/mol. The molecular weight excluding hydrogens is 136 g/mol. The molecule has 1 aliphatic heterocycles. The van der Waals surface area contributed by atoms with Crippen LogP contribution in [0.1, 0.15) is 32.1 Å². The molecule has 2 N–H and O–H groups in total. The van der Waals surface area contributed by atoms with Crippen LogP contribution >= 0.6 is 0 Å². The van der Waals surface area contributed by atoms with Crippen LogP contribution in [0.3, 0.4) is 0 Å². The minimum atomic E-state index is 0.500. The summed E-state index contributed by atoms with van der Waals surface area (Å²) in [4.78, 5) is 0. The van der Waals surface area contributed by atoms with Gasteiger partial charge in [0.05, 0.1) is 0 Å². The molecule has 1 atom stereocenters. The first-order chi connectivity index (χ1) is 5.37. The van der Waals surface area contributed by atoms with E-state index in [0.717, 1.165) is 6.04 Å². The highest BCUT2D eigenvalue weighted by molar-refractivity contribution is 5.10. The Hall–Kier alpha value is -0.0800. The van der Waals surface area contributed by atoms with Gasteiger partial charge in [-0.1, -0.05) is 6.42 Å². The molecule has 2 fully saturated rings. The maximum absolute atomic E-state index is 3.61. The maximum atomic E-state index is 3.61. The van der Waals surface area contributed by atoms with E-state index in [0.29, 0.717) is 5.54 Å². The zero-order valence-corrected chi connectivity index (χ0v) is 7.32. The second-order valence-electron chi connectivity index (χ2n) is 3.91. The fourth-order valence-electron chi connectivity index (χ4n) is 2.23. The van der Waals surface area contributed by atoms with E-state index in [1.165, 1.54) is 38.6 Å². The number of nitrogens with one attached hydrogen (secondary N) is 2. The van der Waals surface area contributed by atoms with Gasteiger partial charge in [-0.05, 0) is 39.3 Å². The third-order valence-corrected chi connectivity index (χ3v) is 3.26. The second-order valence-corrected chi connectivity index (χ2v) is 3.91. The molecule has 1 unspecified atom stereocenters. The first-order valence-electron chi connectivity index (χ1n) is 4.80. The van der Waals surface area contributed by atoms with Crippen LogP contribution in [0.2, 0.25) is 0 Å². The van der Waals surface area contributed by atoms with Crippen LogP contribution in [0.4, 0.5) is 0 Å². The first-order valence-corrected chi connectivity index (χ1v) is 4.80. The van der Waals surface area contributed by atoms with E-state index in [9.17, 15) is 0 Å². The molecule has 1 saturated heterocycles. The van der Waals surface area contributed by atoms with E-state index in [2.05, 4.69) is 17.7 Å². The molecule has 0 bridgehead atoms. The SMILES string of the molecule is CNC1(C2CCCCN2)CC1. The van der Waals surface area contributed by atoms with Crippen LogP contribution in [-0.2, 0) is 0 Å². The highest BCUT2D eigenvalue weighted by Crippen LogP contribution is 2.40. The smallest absolute Gasteiger partial charge is 0.0333 e. The van der Waals surface area contributed by atoms with Crippen molar-refractivity contribution in [1.82, 2.24) is 10.6 Å². The van der Waals surface area contributed by atoms with Crippen molar-refractivity contribution in [2.24, 2.45) is 0 Å². The predicted octanol–water partition coefficient (Wildman–Crippen LogP) is 0.880. The molecule has 2 rings (SSSR count). The highest BCUT2D eigenvalue weighted by Gasteiger charge is 2.47. The Balaban J connectivity index is 1.92. The molecule has 2 nitrogen and oxygen atoms in total. The molecule has 11 heavy (non-hydrogen) atoms. The number of hydrogen-bond acceptors (Lipinski definition) is 2. The molecule has 1 saturated carbocycles. The van der Waals surface area contributed by atoms with Crippen LogP contribution in [0, 0.1) is 0 Å². The lowest BCUT2D eigenvalue weighted by molar-refractivity contribution is 0.307. The Morgan fingerprint density at radius 3 is 2.64 bits per heavy atom. The molecule has 0 aromatic carbocycles. The van der Waals surface area contributed by atoms with Crippen molar-refractivity contribution in [2.45, 2.75) is 43.7 Å². The van der Waals surface area contributed by atoms with Gasteiger partial charge in [0.25, 0.3) is 0 Å². The summed E-state index contributed by atoms with van der Waals surface area (Å²) in [6.07, 6.45) is 6.92.